The Morgan fingerprint density at radius 2 is 0.615 bits per heavy atom. The average Bonchev–Trinajstić information content (AvgIpc) is 3.28. The third-order valence-electron chi connectivity index (χ3n) is 11.4. The average molecular weight is 1030 g/mol. The first kappa shape index (κ1) is 62.8. The molecule has 2 aromatic carbocycles. The van der Waals surface area contributed by atoms with Crippen LogP contribution in [-0.4, -0.2) is 98.2 Å². The van der Waals surface area contributed by atoms with Gasteiger partial charge in [-0.1, -0.05) is 215 Å². The van der Waals surface area contributed by atoms with E-state index in [-0.39, 0.29) is 48.9 Å². The fourth-order valence-electron chi connectivity index (χ4n) is 7.69. The number of carboxylic acid groups (broad SMARTS) is 2. The van der Waals surface area contributed by atoms with Crippen LogP contribution in [0, 0.1) is 0 Å². The number of ether oxygens (including phenoxy) is 4. The van der Waals surface area contributed by atoms with Gasteiger partial charge < -0.3 is 38.7 Å². The number of benzene rings is 2. The molecule has 0 fully saturated rings. The van der Waals surface area contributed by atoms with E-state index in [2.05, 4.69) is 48.5 Å². The second-order valence-corrected chi connectivity index (χ2v) is 17.4. The summed E-state index contributed by atoms with van der Waals surface area (Å²) in [5, 5.41) is 21.8. The zero-order chi connectivity index (χ0) is 46.6. The molecule has 2 rings (SSSR count). The van der Waals surface area contributed by atoms with Crippen molar-refractivity contribution in [3.8, 4) is 0 Å². The molecular formula is C54H86BaO10. The molecule has 10 nitrogen and oxygen atoms in total. The maximum atomic E-state index is 10.9. The minimum absolute atomic E-state index is 0. The van der Waals surface area contributed by atoms with Gasteiger partial charge in [-0.15, -0.1) is 0 Å². The molecule has 0 aliphatic rings. The maximum Gasteiger partial charge on any atom is 2.00 e. The van der Waals surface area contributed by atoms with Crippen molar-refractivity contribution >= 4 is 72.8 Å². The van der Waals surface area contributed by atoms with Crippen molar-refractivity contribution in [1.82, 2.24) is 0 Å². The van der Waals surface area contributed by atoms with Crippen LogP contribution < -0.4 is 10.2 Å². The fraction of sp³-hybridized carbons (Fsp3) is 0.704. The summed E-state index contributed by atoms with van der Waals surface area (Å²) in [4.78, 5) is 43.5. The number of carbonyl (C=O) groups excluding carboxylic acids is 4. The van der Waals surface area contributed by atoms with Gasteiger partial charge in [0.05, 0.1) is 25.2 Å². The number of esters is 2. The van der Waals surface area contributed by atoms with Crippen LogP contribution in [0.15, 0.2) is 60.7 Å². The molecule has 2 aromatic rings. The predicted molar refractivity (Wildman–Crippen MR) is 258 cm³/mol. The van der Waals surface area contributed by atoms with Crippen molar-refractivity contribution in [3.05, 3.63) is 71.8 Å². The second-order valence-electron chi connectivity index (χ2n) is 17.4. The Morgan fingerprint density at radius 3 is 0.846 bits per heavy atom. The predicted octanol–water partition coefficient (Wildman–Crippen LogP) is 11.1. The molecule has 0 aliphatic carbocycles. The number of hydrogen-bond donors (Lipinski definition) is 0. The maximum absolute atomic E-state index is 10.9. The SMILES string of the molecule is CC(=O)OC(CCCCCCCCCCCCCCCCOCc1ccccc1)C(=O)[O-].CC(=O)OC(CCCCCCCCCCCCCCCCOCc1ccccc1)C(=O)[O-].[Ba+2]. The molecule has 2 atom stereocenters. The Hall–Kier alpha value is -2.19. The summed E-state index contributed by atoms with van der Waals surface area (Å²) in [6, 6.07) is 20.7. The van der Waals surface area contributed by atoms with E-state index in [4.69, 9.17) is 18.9 Å². The first-order valence-electron chi connectivity index (χ1n) is 25.2. The molecule has 2 unspecified atom stereocenters. The third-order valence-corrected chi connectivity index (χ3v) is 11.4. The number of aliphatic carboxylic acids is 2. The van der Waals surface area contributed by atoms with Crippen LogP contribution in [0.4, 0.5) is 0 Å². The van der Waals surface area contributed by atoms with Crippen molar-refractivity contribution in [2.75, 3.05) is 13.2 Å². The molecule has 11 heteroatoms. The van der Waals surface area contributed by atoms with Crippen LogP contribution in [0.5, 0.6) is 0 Å². The van der Waals surface area contributed by atoms with Gasteiger partial charge >= 0.3 is 60.8 Å². The Bertz CT molecular complexity index is 1290. The molecule has 0 spiro atoms. The van der Waals surface area contributed by atoms with Gasteiger partial charge in [0.25, 0.3) is 0 Å². The molecule has 0 saturated carbocycles. The van der Waals surface area contributed by atoms with Crippen molar-refractivity contribution in [2.45, 2.75) is 232 Å². The van der Waals surface area contributed by atoms with Gasteiger partial charge in [0, 0.05) is 27.1 Å². The summed E-state index contributed by atoms with van der Waals surface area (Å²) >= 11 is 0. The van der Waals surface area contributed by atoms with Crippen LogP contribution in [0.25, 0.3) is 0 Å². The fourth-order valence-corrected chi connectivity index (χ4v) is 7.69. The van der Waals surface area contributed by atoms with Crippen molar-refractivity contribution in [2.24, 2.45) is 0 Å². The minimum atomic E-state index is -1.30. The second kappa shape index (κ2) is 46.9. The number of carbonyl (C=O) groups is 4. The van der Waals surface area contributed by atoms with E-state index >= 15 is 0 Å². The molecule has 364 valence electrons. The topological polar surface area (TPSA) is 151 Å². The van der Waals surface area contributed by atoms with Crippen LogP contribution in [0.1, 0.15) is 218 Å². The first-order valence-corrected chi connectivity index (χ1v) is 25.2. The Balaban J connectivity index is 0.00000124. The van der Waals surface area contributed by atoms with E-state index in [0.717, 1.165) is 77.8 Å². The molecule has 65 heavy (non-hydrogen) atoms. The number of carboxylic acids is 2. The van der Waals surface area contributed by atoms with Crippen LogP contribution >= 0.6 is 0 Å². The van der Waals surface area contributed by atoms with Gasteiger partial charge in [-0.3, -0.25) is 9.59 Å². The van der Waals surface area contributed by atoms with Gasteiger partial charge in [0.15, 0.2) is 0 Å². The molecule has 0 heterocycles. The van der Waals surface area contributed by atoms with Crippen molar-refractivity contribution in [1.29, 1.82) is 0 Å². The molecule has 0 aliphatic heterocycles. The summed E-state index contributed by atoms with van der Waals surface area (Å²) in [6.07, 6.45) is 32.4. The smallest absolute Gasteiger partial charge is 0.546 e. The largest absolute Gasteiger partial charge is 2.00 e. The van der Waals surface area contributed by atoms with E-state index in [0.29, 0.717) is 12.8 Å². The van der Waals surface area contributed by atoms with E-state index < -0.39 is 36.1 Å². The summed E-state index contributed by atoms with van der Waals surface area (Å²) in [5.41, 5.74) is 2.49. The summed E-state index contributed by atoms with van der Waals surface area (Å²) in [5.74, 6) is -3.73. The minimum Gasteiger partial charge on any atom is -0.546 e. The van der Waals surface area contributed by atoms with Crippen LogP contribution in [0.2, 0.25) is 0 Å². The normalized spacial score (nSPS) is 11.7. The van der Waals surface area contributed by atoms with E-state index in [1.807, 2.05) is 12.1 Å². The van der Waals surface area contributed by atoms with E-state index in [1.54, 1.807) is 0 Å². The van der Waals surface area contributed by atoms with Gasteiger partial charge in [-0.25, -0.2) is 0 Å². The molecular weight excluding hydrogens is 946 g/mol. The van der Waals surface area contributed by atoms with Gasteiger partial charge in [-0.2, -0.15) is 0 Å². The zero-order valence-electron chi connectivity index (χ0n) is 40.8. The van der Waals surface area contributed by atoms with E-state index in [1.165, 1.54) is 153 Å². The monoisotopic (exact) mass is 1030 g/mol. The van der Waals surface area contributed by atoms with Gasteiger partial charge in [0.2, 0.25) is 0 Å². The molecule has 0 amide bonds. The molecule has 0 radical (unpaired) electrons. The Morgan fingerprint density at radius 1 is 0.385 bits per heavy atom. The Kier molecular flexibility index (Phi) is 45.3. The third kappa shape index (κ3) is 42.9. The quantitative estimate of drug-likeness (QED) is 0.0357. The van der Waals surface area contributed by atoms with Crippen molar-refractivity contribution in [3.63, 3.8) is 0 Å². The Labute approximate surface area is 434 Å². The zero-order valence-corrected chi connectivity index (χ0v) is 45.2. The summed E-state index contributed by atoms with van der Waals surface area (Å²) < 4.78 is 20.9. The molecule has 0 N–H and O–H groups in total. The van der Waals surface area contributed by atoms with Gasteiger partial charge in [0.1, 0.15) is 12.2 Å². The summed E-state index contributed by atoms with van der Waals surface area (Å²) in [7, 11) is 0. The first-order chi connectivity index (χ1) is 31.2. The van der Waals surface area contributed by atoms with Crippen LogP contribution in [0.3, 0.4) is 0 Å². The summed E-state index contributed by atoms with van der Waals surface area (Å²) in [6.45, 7) is 5.61. The molecule has 0 aromatic heterocycles. The number of rotatable bonds is 42. The molecule has 0 bridgehead atoms. The van der Waals surface area contributed by atoms with Crippen LogP contribution in [-0.2, 0) is 51.3 Å². The van der Waals surface area contributed by atoms with Gasteiger partial charge in [-0.05, 0) is 49.7 Å². The molecule has 0 saturated heterocycles. The standard InChI is InChI=1S/2C27H44O5.Ba/c2*1-24(28)32-26(27(29)30)21-17-12-10-8-6-4-2-3-5-7-9-11-13-18-22-31-23-25-19-15-14-16-20-25;/h2*14-16,19-20,26H,2-13,17-18,21-23H2,1H3,(H,29,30);/q;;+2/p-2. The van der Waals surface area contributed by atoms with Crippen molar-refractivity contribution < 1.29 is 48.3 Å². The van der Waals surface area contributed by atoms with E-state index in [9.17, 15) is 29.4 Å². The number of hydrogen-bond acceptors (Lipinski definition) is 10. The number of unbranched alkanes of at least 4 members (excludes halogenated alkanes) is 26.